The molecule has 0 aliphatic heterocycles. The van der Waals surface area contributed by atoms with Gasteiger partial charge in [0.2, 0.25) is 17.4 Å². The number of aromatic nitrogens is 3. The molecule has 268 valence electrons. The Morgan fingerprint density at radius 3 is 2.46 bits per heavy atom. The van der Waals surface area contributed by atoms with Crippen LogP contribution in [0.25, 0.3) is 11.4 Å². The number of hydrogen-bond donors (Lipinski definition) is 2. The number of carbonyl (C=O) groups excluding carboxylic acids is 1. The largest absolute Gasteiger partial charge is 0.485 e. The van der Waals surface area contributed by atoms with Gasteiger partial charge in [-0.2, -0.15) is 19.0 Å². The van der Waals surface area contributed by atoms with Gasteiger partial charge in [-0.05, 0) is 49.6 Å². The topological polar surface area (TPSA) is 182 Å². The van der Waals surface area contributed by atoms with Crippen molar-refractivity contribution < 1.29 is 37.3 Å². The fourth-order valence-electron chi connectivity index (χ4n) is 4.88. The van der Waals surface area contributed by atoms with Crippen LogP contribution in [-0.2, 0) is 23.2 Å². The summed E-state index contributed by atoms with van der Waals surface area (Å²) < 4.78 is 63.0. The van der Waals surface area contributed by atoms with E-state index in [1.54, 1.807) is 49.1 Å². The number of pyridine rings is 1. The molecular formula is C37H35F2N7O6. The van der Waals surface area contributed by atoms with Gasteiger partial charge in [-0.3, -0.25) is 4.99 Å². The molecule has 3 aromatic carbocycles. The summed E-state index contributed by atoms with van der Waals surface area (Å²) in [5.74, 6) is -5.63. The number of nitriles is 1. The fourth-order valence-corrected chi connectivity index (χ4v) is 4.88. The van der Waals surface area contributed by atoms with Crippen molar-refractivity contribution in [2.75, 3.05) is 13.2 Å². The van der Waals surface area contributed by atoms with E-state index in [9.17, 15) is 10.1 Å². The van der Waals surface area contributed by atoms with Gasteiger partial charge in [0.05, 0.1) is 18.2 Å². The Morgan fingerprint density at radius 1 is 1.00 bits per heavy atom. The van der Waals surface area contributed by atoms with Gasteiger partial charge in [0.1, 0.15) is 18.2 Å². The van der Waals surface area contributed by atoms with Crippen LogP contribution >= 0.6 is 0 Å². The molecule has 2 aromatic heterocycles. The predicted molar refractivity (Wildman–Crippen MR) is 186 cm³/mol. The average Bonchev–Trinajstić information content (AvgIpc) is 3.58. The molecule has 5 rings (SSSR count). The molecule has 0 saturated heterocycles. The quantitative estimate of drug-likeness (QED) is 0.0518. The number of carbonyl (C=O) groups is 1. The number of nitrogens with zero attached hydrogens (tertiary/aromatic N) is 5. The molecule has 0 spiro atoms. The Kier molecular flexibility index (Phi) is 12.2. The molecule has 0 bridgehead atoms. The molecule has 0 saturated carbocycles. The van der Waals surface area contributed by atoms with Gasteiger partial charge in [0.25, 0.3) is 11.8 Å². The number of benzene rings is 3. The fraction of sp³-hybridized carbons (Fsp3) is 0.216. The Hall–Kier alpha value is -6.69. The third kappa shape index (κ3) is 9.30. The molecule has 52 heavy (non-hydrogen) atoms. The van der Waals surface area contributed by atoms with Crippen LogP contribution in [0, 0.1) is 23.0 Å². The molecule has 1 atom stereocenters. The highest BCUT2D eigenvalue weighted by Gasteiger charge is 2.31. The highest BCUT2D eigenvalue weighted by atomic mass is 19.1. The SMILES string of the molecule is CCOC(=O)C(CCCN=C(N)N)Oc1c(F)c(Oc2cccc(-c3nccn3C)c2)nc(Oc2cc(C#N)ccc2OCc2ccccc2)c1F. The Labute approximate surface area is 298 Å². The molecular weight excluding hydrogens is 676 g/mol. The van der Waals surface area contributed by atoms with Crippen molar-refractivity contribution in [2.24, 2.45) is 23.5 Å². The van der Waals surface area contributed by atoms with Gasteiger partial charge in [-0.25, -0.2) is 9.78 Å². The predicted octanol–water partition coefficient (Wildman–Crippen LogP) is 6.16. The first-order chi connectivity index (χ1) is 25.2. The van der Waals surface area contributed by atoms with Crippen molar-refractivity contribution >= 4 is 11.9 Å². The number of halogens is 2. The van der Waals surface area contributed by atoms with Crippen molar-refractivity contribution in [3.05, 3.63) is 108 Å². The molecule has 0 radical (unpaired) electrons. The van der Waals surface area contributed by atoms with Gasteiger partial charge >= 0.3 is 5.97 Å². The van der Waals surface area contributed by atoms with Crippen molar-refractivity contribution in [2.45, 2.75) is 32.5 Å². The molecule has 0 aliphatic carbocycles. The van der Waals surface area contributed by atoms with E-state index in [-0.39, 0.29) is 61.4 Å². The first-order valence-electron chi connectivity index (χ1n) is 16.1. The molecule has 0 aliphatic rings. The van der Waals surface area contributed by atoms with Crippen LogP contribution in [0.4, 0.5) is 8.78 Å². The van der Waals surface area contributed by atoms with E-state index in [2.05, 4.69) is 15.0 Å². The first-order valence-corrected chi connectivity index (χ1v) is 16.1. The monoisotopic (exact) mass is 711 g/mol. The normalized spacial score (nSPS) is 11.2. The van der Waals surface area contributed by atoms with Gasteiger partial charge < -0.3 is 39.7 Å². The lowest BCUT2D eigenvalue weighted by Crippen LogP contribution is -2.31. The summed E-state index contributed by atoms with van der Waals surface area (Å²) in [4.78, 5) is 25.2. The van der Waals surface area contributed by atoms with Gasteiger partial charge in [0, 0.05) is 37.6 Å². The number of imidazole rings is 1. The van der Waals surface area contributed by atoms with Crippen molar-refractivity contribution in [1.82, 2.24) is 14.5 Å². The third-order valence-corrected chi connectivity index (χ3v) is 7.35. The molecule has 15 heteroatoms. The third-order valence-electron chi connectivity index (χ3n) is 7.35. The van der Waals surface area contributed by atoms with Gasteiger partial charge in [0.15, 0.2) is 23.6 Å². The standard InChI is InChI=1S/C37H35F2N7O6/c1-3-48-36(47)28(13-8-16-44-37(41)42)51-32-30(38)34(50-26-12-7-11-25(20-26)33-43-17-18-46(33)2)45-35(31(32)39)52-29-19-24(21-40)14-15-27(29)49-22-23-9-5-4-6-10-23/h4-7,9-12,14-15,17-20,28H,3,8,13,16,22H2,1-2H3,(H4,41,42,44). The van der Waals surface area contributed by atoms with E-state index in [1.807, 2.05) is 36.4 Å². The summed E-state index contributed by atoms with van der Waals surface area (Å²) >= 11 is 0. The zero-order valence-electron chi connectivity index (χ0n) is 28.3. The van der Waals surface area contributed by atoms with Crippen molar-refractivity contribution in [1.29, 1.82) is 5.26 Å². The Bertz CT molecular complexity index is 2080. The summed E-state index contributed by atoms with van der Waals surface area (Å²) in [5.41, 5.74) is 12.4. The molecule has 5 aromatic rings. The van der Waals surface area contributed by atoms with Crippen LogP contribution < -0.4 is 30.4 Å². The Balaban J connectivity index is 1.56. The van der Waals surface area contributed by atoms with E-state index in [1.165, 1.54) is 24.3 Å². The number of ether oxygens (including phenoxy) is 5. The number of esters is 1. The summed E-state index contributed by atoms with van der Waals surface area (Å²) in [5, 5.41) is 9.59. The number of guanidine groups is 1. The number of nitrogens with two attached hydrogens (primary N) is 2. The maximum Gasteiger partial charge on any atom is 0.347 e. The molecule has 1 unspecified atom stereocenters. The molecule has 2 heterocycles. The maximum absolute atomic E-state index is 16.4. The summed E-state index contributed by atoms with van der Waals surface area (Å²) in [7, 11) is 1.81. The minimum atomic E-state index is -1.49. The smallest absolute Gasteiger partial charge is 0.347 e. The summed E-state index contributed by atoms with van der Waals surface area (Å²) in [6.45, 7) is 1.77. The minimum Gasteiger partial charge on any atom is -0.485 e. The van der Waals surface area contributed by atoms with E-state index >= 15 is 8.78 Å². The van der Waals surface area contributed by atoms with Crippen molar-refractivity contribution in [3.63, 3.8) is 0 Å². The number of hydrogen-bond acceptors (Lipinski definition) is 10. The summed E-state index contributed by atoms with van der Waals surface area (Å²) in [6, 6.07) is 22.1. The second kappa shape index (κ2) is 17.3. The molecule has 0 amide bonds. The number of aliphatic imine (C=N–C) groups is 1. The highest BCUT2D eigenvalue weighted by Crippen LogP contribution is 2.41. The van der Waals surface area contributed by atoms with E-state index < -0.39 is 41.2 Å². The number of rotatable bonds is 16. The van der Waals surface area contributed by atoms with Crippen LogP contribution in [0.15, 0.2) is 90.2 Å². The number of aryl methyl sites for hydroxylation is 1. The molecule has 0 fully saturated rings. The second-order valence-corrected chi connectivity index (χ2v) is 11.1. The van der Waals surface area contributed by atoms with E-state index in [0.717, 1.165) is 5.56 Å². The average molecular weight is 712 g/mol. The van der Waals surface area contributed by atoms with Crippen LogP contribution in [0.2, 0.25) is 0 Å². The maximum atomic E-state index is 16.4. The van der Waals surface area contributed by atoms with E-state index in [4.69, 9.17) is 35.2 Å². The van der Waals surface area contributed by atoms with Crippen LogP contribution in [0.5, 0.6) is 34.8 Å². The lowest BCUT2D eigenvalue weighted by Gasteiger charge is -2.20. The lowest BCUT2D eigenvalue weighted by molar-refractivity contribution is -0.151. The zero-order valence-corrected chi connectivity index (χ0v) is 28.3. The van der Waals surface area contributed by atoms with Gasteiger partial charge in [-0.15, -0.1) is 0 Å². The summed E-state index contributed by atoms with van der Waals surface area (Å²) in [6.07, 6.45) is 2.02. The van der Waals surface area contributed by atoms with E-state index in [0.29, 0.717) is 11.4 Å². The first kappa shape index (κ1) is 36.6. The highest BCUT2D eigenvalue weighted by molar-refractivity contribution is 5.76. The molecule has 4 N–H and O–H groups in total. The molecule has 13 nitrogen and oxygen atoms in total. The Morgan fingerprint density at radius 2 is 1.77 bits per heavy atom. The van der Waals surface area contributed by atoms with Crippen LogP contribution in [-0.4, -0.2) is 45.7 Å². The minimum absolute atomic E-state index is 0.0239. The second-order valence-electron chi connectivity index (χ2n) is 11.1. The van der Waals surface area contributed by atoms with Crippen LogP contribution in [0.3, 0.4) is 0 Å². The van der Waals surface area contributed by atoms with Crippen LogP contribution in [0.1, 0.15) is 30.9 Å². The lowest BCUT2D eigenvalue weighted by atomic mass is 10.2. The zero-order chi connectivity index (χ0) is 37.0. The van der Waals surface area contributed by atoms with Gasteiger partial charge in [-0.1, -0.05) is 42.5 Å². The van der Waals surface area contributed by atoms with Crippen molar-refractivity contribution in [3.8, 4) is 52.2 Å².